The van der Waals surface area contributed by atoms with Gasteiger partial charge < -0.3 is 14.6 Å². The molecule has 1 unspecified atom stereocenters. The third-order valence-electron chi connectivity index (χ3n) is 3.83. The number of carbonyl (C=O) groups is 1. The summed E-state index contributed by atoms with van der Waals surface area (Å²) in [5, 5.41) is 3.38. The van der Waals surface area contributed by atoms with Gasteiger partial charge in [-0.05, 0) is 43.4 Å². The fourth-order valence-electron chi connectivity index (χ4n) is 2.35. The highest BCUT2D eigenvalue weighted by molar-refractivity contribution is 7.84. The van der Waals surface area contributed by atoms with E-state index in [0.717, 1.165) is 19.6 Å². The van der Waals surface area contributed by atoms with Crippen LogP contribution in [0.15, 0.2) is 45.7 Å². The minimum atomic E-state index is -1.28. The maximum absolute atomic E-state index is 12.3. The van der Waals surface area contributed by atoms with Crippen molar-refractivity contribution in [1.29, 1.82) is 0 Å². The van der Waals surface area contributed by atoms with Crippen LogP contribution in [0.4, 0.5) is 0 Å². The largest absolute Gasteiger partial charge is 0.455 e. The topological polar surface area (TPSA) is 62.6 Å². The predicted octanol–water partition coefficient (Wildman–Crippen LogP) is 3.31. The van der Waals surface area contributed by atoms with Crippen molar-refractivity contribution >= 4 is 28.3 Å². The first kappa shape index (κ1) is 19.7. The Morgan fingerprint density at radius 2 is 2.00 bits per heavy atom. The molecule has 25 heavy (non-hydrogen) atoms. The van der Waals surface area contributed by atoms with Gasteiger partial charge in [-0.2, -0.15) is 0 Å². The van der Waals surface area contributed by atoms with E-state index in [0.29, 0.717) is 22.2 Å². The zero-order chi connectivity index (χ0) is 18.2. The number of likely N-dealkylation sites (N-methyl/N-ethyl adjacent to an activating group) is 1. The summed E-state index contributed by atoms with van der Waals surface area (Å²) in [7, 11) is -1.28. The molecule has 5 nitrogen and oxygen atoms in total. The molecule has 0 spiro atoms. The van der Waals surface area contributed by atoms with Crippen LogP contribution in [-0.2, 0) is 16.6 Å². The van der Waals surface area contributed by atoms with Gasteiger partial charge in [-0.25, -0.2) is 0 Å². The van der Waals surface area contributed by atoms with Crippen LogP contribution in [0, 0.1) is 0 Å². The van der Waals surface area contributed by atoms with E-state index in [2.05, 4.69) is 24.1 Å². The van der Waals surface area contributed by atoms with E-state index in [1.54, 1.807) is 36.4 Å². The number of hydrogen-bond acceptors (Lipinski definition) is 4. The molecule has 0 aliphatic heterocycles. The molecule has 1 heterocycles. The van der Waals surface area contributed by atoms with Crippen LogP contribution in [-0.4, -0.2) is 41.2 Å². The van der Waals surface area contributed by atoms with Crippen LogP contribution in [0.2, 0.25) is 5.02 Å². The second-order valence-corrected chi connectivity index (χ2v) is 7.38. The number of nitrogens with zero attached hydrogens (tertiary/aromatic N) is 1. The Kier molecular flexibility index (Phi) is 7.68. The highest BCUT2D eigenvalue weighted by atomic mass is 35.5. The first-order chi connectivity index (χ1) is 12.0. The quantitative estimate of drug-likeness (QED) is 0.722. The zero-order valence-electron chi connectivity index (χ0n) is 14.5. The number of rotatable bonds is 9. The average molecular weight is 383 g/mol. The van der Waals surface area contributed by atoms with Crippen molar-refractivity contribution in [2.45, 2.75) is 24.5 Å². The fourth-order valence-corrected chi connectivity index (χ4v) is 3.68. The molecule has 2 aromatic rings. The van der Waals surface area contributed by atoms with Gasteiger partial charge in [0, 0.05) is 23.0 Å². The summed E-state index contributed by atoms with van der Waals surface area (Å²) in [5.74, 6) is 0.685. The number of carbonyl (C=O) groups excluding carboxylic acids is 1. The summed E-state index contributed by atoms with van der Waals surface area (Å²) >= 11 is 5.91. The number of hydrogen-bond donors (Lipinski definition) is 1. The van der Waals surface area contributed by atoms with Crippen LogP contribution in [0.25, 0.3) is 0 Å². The number of nitrogens with one attached hydrogen (secondary N) is 1. The smallest absolute Gasteiger partial charge is 0.287 e. The molecule has 1 amide bonds. The van der Waals surface area contributed by atoms with E-state index in [1.807, 2.05) is 0 Å². The van der Waals surface area contributed by atoms with Gasteiger partial charge in [-0.1, -0.05) is 31.5 Å². The molecule has 0 aliphatic rings. The van der Waals surface area contributed by atoms with Crippen LogP contribution in [0.5, 0.6) is 0 Å². The van der Waals surface area contributed by atoms with Crippen molar-refractivity contribution in [2.24, 2.45) is 0 Å². The fraction of sp³-hybridized carbons (Fsp3) is 0.389. The lowest BCUT2D eigenvalue weighted by molar-refractivity contribution is 0.0920. The van der Waals surface area contributed by atoms with Gasteiger partial charge in [0.05, 0.1) is 16.6 Å². The summed E-state index contributed by atoms with van der Waals surface area (Å²) in [6, 6.07) is 10.2. The molecule has 0 aliphatic carbocycles. The van der Waals surface area contributed by atoms with E-state index < -0.39 is 10.8 Å². The summed E-state index contributed by atoms with van der Waals surface area (Å²) in [5.41, 5.74) is 0. The van der Waals surface area contributed by atoms with E-state index in [1.165, 1.54) is 0 Å². The third kappa shape index (κ3) is 5.99. The lowest BCUT2D eigenvalue weighted by Crippen LogP contribution is -2.34. The van der Waals surface area contributed by atoms with Gasteiger partial charge in [0.2, 0.25) is 0 Å². The Balaban J connectivity index is 1.88. The molecule has 0 bridgehead atoms. The molecule has 0 saturated heterocycles. The van der Waals surface area contributed by atoms with Crippen molar-refractivity contribution < 1.29 is 13.4 Å². The Hall–Kier alpha value is -1.63. The van der Waals surface area contributed by atoms with Crippen LogP contribution < -0.4 is 5.32 Å². The second-order valence-electron chi connectivity index (χ2n) is 5.50. The summed E-state index contributed by atoms with van der Waals surface area (Å²) < 4.78 is 17.9. The molecule has 1 N–H and O–H groups in total. The molecule has 0 saturated carbocycles. The SMILES string of the molecule is CCN(CC)CCNC(=O)c1ccc(CS(=O)c2cccc(Cl)c2)o1. The molecule has 1 aromatic heterocycles. The second kappa shape index (κ2) is 9.75. The first-order valence-electron chi connectivity index (χ1n) is 8.26. The molecule has 2 rings (SSSR count). The van der Waals surface area contributed by atoms with Crippen LogP contribution in [0.3, 0.4) is 0 Å². The standard InChI is InChI=1S/C18H23ClN2O3S/c1-3-21(4-2)11-10-20-18(22)17-9-8-15(24-17)13-25(23)16-7-5-6-14(19)12-16/h5-9,12H,3-4,10-11,13H2,1-2H3,(H,20,22). The Bertz CT molecular complexity index is 729. The number of amides is 1. The predicted molar refractivity (Wildman–Crippen MR) is 100 cm³/mol. The Morgan fingerprint density at radius 3 is 2.68 bits per heavy atom. The molecular formula is C18H23ClN2O3S. The lowest BCUT2D eigenvalue weighted by atomic mass is 10.4. The molecule has 1 aromatic carbocycles. The molecule has 0 radical (unpaired) electrons. The number of halogens is 1. The molecule has 0 fully saturated rings. The maximum Gasteiger partial charge on any atom is 0.287 e. The van der Waals surface area contributed by atoms with Crippen LogP contribution >= 0.6 is 11.6 Å². The first-order valence-corrected chi connectivity index (χ1v) is 9.96. The monoisotopic (exact) mass is 382 g/mol. The van der Waals surface area contributed by atoms with Gasteiger partial charge in [-0.3, -0.25) is 9.00 Å². The van der Waals surface area contributed by atoms with Gasteiger partial charge in [0.25, 0.3) is 5.91 Å². The van der Waals surface area contributed by atoms with Crippen molar-refractivity contribution in [1.82, 2.24) is 10.2 Å². The summed E-state index contributed by atoms with van der Waals surface area (Å²) in [4.78, 5) is 15.0. The zero-order valence-corrected chi connectivity index (χ0v) is 16.0. The van der Waals surface area contributed by atoms with Gasteiger partial charge in [-0.15, -0.1) is 0 Å². The molecule has 1 atom stereocenters. The number of furan rings is 1. The van der Waals surface area contributed by atoms with Gasteiger partial charge in [0.1, 0.15) is 5.76 Å². The normalized spacial score (nSPS) is 12.3. The minimum absolute atomic E-state index is 0.201. The van der Waals surface area contributed by atoms with Crippen LogP contribution in [0.1, 0.15) is 30.2 Å². The number of benzene rings is 1. The average Bonchev–Trinajstić information content (AvgIpc) is 3.07. The van der Waals surface area contributed by atoms with Gasteiger partial charge >= 0.3 is 0 Å². The van der Waals surface area contributed by atoms with E-state index in [-0.39, 0.29) is 17.4 Å². The molecule has 136 valence electrons. The van der Waals surface area contributed by atoms with Crippen molar-refractivity contribution in [3.8, 4) is 0 Å². The molecular weight excluding hydrogens is 360 g/mol. The van der Waals surface area contributed by atoms with Crippen molar-refractivity contribution in [3.05, 3.63) is 52.9 Å². The lowest BCUT2D eigenvalue weighted by Gasteiger charge is -2.17. The highest BCUT2D eigenvalue weighted by Gasteiger charge is 2.14. The highest BCUT2D eigenvalue weighted by Crippen LogP contribution is 2.18. The Morgan fingerprint density at radius 1 is 1.24 bits per heavy atom. The third-order valence-corrected chi connectivity index (χ3v) is 5.39. The molecule has 7 heteroatoms. The van der Waals surface area contributed by atoms with Gasteiger partial charge in [0.15, 0.2) is 5.76 Å². The summed E-state index contributed by atoms with van der Waals surface area (Å²) in [6.07, 6.45) is 0. The Labute approximate surface area is 155 Å². The van der Waals surface area contributed by atoms with E-state index >= 15 is 0 Å². The van der Waals surface area contributed by atoms with E-state index in [9.17, 15) is 9.00 Å². The maximum atomic E-state index is 12.3. The summed E-state index contributed by atoms with van der Waals surface area (Å²) in [6.45, 7) is 7.43. The van der Waals surface area contributed by atoms with Crippen molar-refractivity contribution in [2.75, 3.05) is 26.2 Å². The minimum Gasteiger partial charge on any atom is -0.455 e. The van der Waals surface area contributed by atoms with E-state index in [4.69, 9.17) is 16.0 Å². The van der Waals surface area contributed by atoms with Crippen molar-refractivity contribution in [3.63, 3.8) is 0 Å².